The maximum absolute atomic E-state index is 11.2. The van der Waals surface area contributed by atoms with Crippen LogP contribution in [0.3, 0.4) is 0 Å². The van der Waals surface area contributed by atoms with Gasteiger partial charge in [0, 0.05) is 5.69 Å². The first kappa shape index (κ1) is 13.7. The number of nitrogens with two attached hydrogens (primary N) is 1. The Hall–Kier alpha value is -2.29. The Morgan fingerprint density at radius 2 is 1.90 bits per heavy atom. The predicted octanol–water partition coefficient (Wildman–Crippen LogP) is 3.20. The Morgan fingerprint density at radius 1 is 1.14 bits per heavy atom. The summed E-state index contributed by atoms with van der Waals surface area (Å²) in [6.07, 6.45) is 3.73. The minimum atomic E-state index is -0.298. The van der Waals surface area contributed by atoms with Gasteiger partial charge >= 0.3 is 0 Å². The quantitative estimate of drug-likeness (QED) is 0.903. The summed E-state index contributed by atoms with van der Waals surface area (Å²) in [6.45, 7) is 0. The maximum atomic E-state index is 11.2. The number of amides is 1. The molecule has 0 saturated heterocycles. The molecule has 0 heterocycles. The fourth-order valence-electron chi connectivity index (χ4n) is 3.09. The van der Waals surface area contributed by atoms with Crippen LogP contribution >= 0.6 is 0 Å². The largest absolute Gasteiger partial charge is 0.378 e. The zero-order valence-electron chi connectivity index (χ0n) is 12.0. The van der Waals surface area contributed by atoms with E-state index in [1.54, 1.807) is 0 Å². The fraction of sp³-hybridized carbons (Fsp3) is 0.278. The second-order valence-corrected chi connectivity index (χ2v) is 5.59. The molecule has 0 fully saturated rings. The molecule has 0 saturated carbocycles. The zero-order chi connectivity index (χ0) is 14.7. The van der Waals surface area contributed by atoms with Gasteiger partial charge in [-0.1, -0.05) is 42.5 Å². The van der Waals surface area contributed by atoms with Gasteiger partial charge in [-0.3, -0.25) is 4.79 Å². The standard InChI is InChI=1S/C18H20N2O/c19-18(21)12-14-7-2-4-10-16(14)20-17-11-5-8-13-6-1-3-9-15(13)17/h1-4,6-7,9-10,17,20H,5,8,11-12H2,(H2,19,21). The monoisotopic (exact) mass is 280 g/mol. The number of aryl methyl sites for hydroxylation is 1. The molecule has 0 bridgehead atoms. The molecule has 0 spiro atoms. The number of rotatable bonds is 4. The average Bonchev–Trinajstić information content (AvgIpc) is 2.49. The van der Waals surface area contributed by atoms with Crippen LogP contribution < -0.4 is 11.1 Å². The molecule has 0 aliphatic heterocycles. The van der Waals surface area contributed by atoms with Gasteiger partial charge in [0.25, 0.3) is 0 Å². The summed E-state index contributed by atoms with van der Waals surface area (Å²) in [6, 6.07) is 16.8. The molecule has 108 valence electrons. The van der Waals surface area contributed by atoms with Crippen molar-refractivity contribution in [1.29, 1.82) is 0 Å². The van der Waals surface area contributed by atoms with Crippen molar-refractivity contribution in [3.63, 3.8) is 0 Å². The van der Waals surface area contributed by atoms with E-state index in [1.807, 2.05) is 24.3 Å². The van der Waals surface area contributed by atoms with E-state index in [2.05, 4.69) is 29.6 Å². The lowest BCUT2D eigenvalue weighted by Gasteiger charge is -2.28. The molecule has 0 aromatic heterocycles. The highest BCUT2D eigenvalue weighted by Crippen LogP contribution is 2.33. The van der Waals surface area contributed by atoms with Gasteiger partial charge in [0.1, 0.15) is 0 Å². The first-order valence-electron chi connectivity index (χ1n) is 7.44. The second kappa shape index (κ2) is 6.00. The number of anilines is 1. The van der Waals surface area contributed by atoms with Crippen LogP contribution in [0.4, 0.5) is 5.69 Å². The van der Waals surface area contributed by atoms with E-state index in [0.717, 1.165) is 24.1 Å². The fourth-order valence-corrected chi connectivity index (χ4v) is 3.09. The molecule has 0 radical (unpaired) electrons. The molecule has 3 rings (SSSR count). The van der Waals surface area contributed by atoms with E-state index in [0.29, 0.717) is 6.04 Å². The molecule has 1 aliphatic carbocycles. The van der Waals surface area contributed by atoms with Crippen LogP contribution in [0.5, 0.6) is 0 Å². The van der Waals surface area contributed by atoms with Crippen molar-refractivity contribution in [1.82, 2.24) is 0 Å². The van der Waals surface area contributed by atoms with Crippen LogP contribution in [0.15, 0.2) is 48.5 Å². The first-order chi connectivity index (χ1) is 10.2. The highest BCUT2D eigenvalue weighted by Gasteiger charge is 2.20. The van der Waals surface area contributed by atoms with Crippen molar-refractivity contribution < 1.29 is 4.79 Å². The number of benzene rings is 2. The molecule has 21 heavy (non-hydrogen) atoms. The molecule has 2 aromatic rings. The van der Waals surface area contributed by atoms with E-state index in [9.17, 15) is 4.79 Å². The van der Waals surface area contributed by atoms with E-state index in [4.69, 9.17) is 5.73 Å². The second-order valence-electron chi connectivity index (χ2n) is 5.59. The summed E-state index contributed by atoms with van der Waals surface area (Å²) < 4.78 is 0. The predicted molar refractivity (Wildman–Crippen MR) is 85.1 cm³/mol. The molecule has 1 amide bonds. The number of carbonyl (C=O) groups is 1. The third-order valence-corrected chi connectivity index (χ3v) is 4.08. The van der Waals surface area contributed by atoms with Crippen molar-refractivity contribution in [3.8, 4) is 0 Å². The molecule has 3 nitrogen and oxygen atoms in total. The lowest BCUT2D eigenvalue weighted by atomic mass is 9.87. The summed E-state index contributed by atoms with van der Waals surface area (Å²) in [5.41, 5.74) is 10.1. The highest BCUT2D eigenvalue weighted by molar-refractivity contribution is 5.78. The molecular formula is C18H20N2O. The molecule has 1 aliphatic rings. The normalized spacial score (nSPS) is 17.0. The Balaban J connectivity index is 1.86. The third kappa shape index (κ3) is 3.07. The Labute approximate surface area is 125 Å². The van der Waals surface area contributed by atoms with Gasteiger partial charge in [-0.15, -0.1) is 0 Å². The van der Waals surface area contributed by atoms with Crippen LogP contribution in [-0.2, 0) is 17.6 Å². The molecule has 3 N–H and O–H groups in total. The third-order valence-electron chi connectivity index (χ3n) is 4.08. The number of carbonyl (C=O) groups excluding carboxylic acids is 1. The lowest BCUT2D eigenvalue weighted by Crippen LogP contribution is -2.19. The van der Waals surface area contributed by atoms with Gasteiger partial charge in [-0.25, -0.2) is 0 Å². The van der Waals surface area contributed by atoms with Gasteiger partial charge in [-0.2, -0.15) is 0 Å². The summed E-state index contributed by atoms with van der Waals surface area (Å²) in [7, 11) is 0. The minimum Gasteiger partial charge on any atom is -0.378 e. The van der Waals surface area contributed by atoms with Crippen LogP contribution in [0, 0.1) is 0 Å². The van der Waals surface area contributed by atoms with Gasteiger partial charge in [0.05, 0.1) is 12.5 Å². The van der Waals surface area contributed by atoms with Gasteiger partial charge in [0.2, 0.25) is 5.91 Å². The smallest absolute Gasteiger partial charge is 0.221 e. The van der Waals surface area contributed by atoms with Crippen LogP contribution in [-0.4, -0.2) is 5.91 Å². The lowest BCUT2D eigenvalue weighted by molar-refractivity contribution is -0.117. The maximum Gasteiger partial charge on any atom is 0.221 e. The van der Waals surface area contributed by atoms with Crippen molar-refractivity contribution in [2.24, 2.45) is 5.73 Å². The topological polar surface area (TPSA) is 55.1 Å². The first-order valence-corrected chi connectivity index (χ1v) is 7.44. The average molecular weight is 280 g/mol. The molecule has 1 unspecified atom stereocenters. The van der Waals surface area contributed by atoms with Crippen LogP contribution in [0.2, 0.25) is 0 Å². The van der Waals surface area contributed by atoms with Crippen molar-refractivity contribution in [2.75, 3.05) is 5.32 Å². The van der Waals surface area contributed by atoms with Crippen molar-refractivity contribution in [3.05, 3.63) is 65.2 Å². The number of nitrogens with one attached hydrogen (secondary N) is 1. The van der Waals surface area contributed by atoms with Crippen LogP contribution in [0.25, 0.3) is 0 Å². The highest BCUT2D eigenvalue weighted by atomic mass is 16.1. The number of hydrogen-bond donors (Lipinski definition) is 2. The Bertz CT molecular complexity index is 651. The summed E-state index contributed by atoms with van der Waals surface area (Å²) in [4.78, 5) is 11.2. The summed E-state index contributed by atoms with van der Waals surface area (Å²) in [5, 5.41) is 3.60. The summed E-state index contributed by atoms with van der Waals surface area (Å²) >= 11 is 0. The SMILES string of the molecule is NC(=O)Cc1ccccc1NC1CCCc2ccccc21. The number of fused-ring (bicyclic) bond motifs is 1. The van der Waals surface area contributed by atoms with E-state index >= 15 is 0 Å². The molecule has 3 heteroatoms. The van der Waals surface area contributed by atoms with E-state index in [1.165, 1.54) is 17.5 Å². The van der Waals surface area contributed by atoms with Crippen molar-refractivity contribution in [2.45, 2.75) is 31.7 Å². The van der Waals surface area contributed by atoms with E-state index in [-0.39, 0.29) is 12.3 Å². The zero-order valence-corrected chi connectivity index (χ0v) is 12.0. The minimum absolute atomic E-state index is 0.275. The van der Waals surface area contributed by atoms with Gasteiger partial charge in [0.15, 0.2) is 0 Å². The Kier molecular flexibility index (Phi) is 3.91. The van der Waals surface area contributed by atoms with Gasteiger partial charge < -0.3 is 11.1 Å². The van der Waals surface area contributed by atoms with E-state index < -0.39 is 0 Å². The molecule has 1 atom stereocenters. The number of hydrogen-bond acceptors (Lipinski definition) is 2. The summed E-state index contributed by atoms with van der Waals surface area (Å²) in [5.74, 6) is -0.298. The van der Waals surface area contributed by atoms with Gasteiger partial charge in [-0.05, 0) is 42.0 Å². The Morgan fingerprint density at radius 3 is 2.76 bits per heavy atom. The van der Waals surface area contributed by atoms with Crippen LogP contribution in [0.1, 0.15) is 35.6 Å². The van der Waals surface area contributed by atoms with Crippen molar-refractivity contribution >= 4 is 11.6 Å². The molecular weight excluding hydrogens is 260 g/mol. The number of primary amides is 1. The molecule has 2 aromatic carbocycles. The number of para-hydroxylation sites is 1.